The number of hydrogen-bond acceptors (Lipinski definition) is 5. The molecule has 4 rings (SSSR count). The summed E-state index contributed by atoms with van der Waals surface area (Å²) in [6.45, 7) is 6.55. The molecule has 0 atom stereocenters. The van der Waals surface area contributed by atoms with Crippen LogP contribution >= 0.6 is 0 Å². The molecule has 11 heteroatoms. The maximum Gasteiger partial charge on any atom is 0.326 e. The third kappa shape index (κ3) is 4.69. The van der Waals surface area contributed by atoms with Crippen molar-refractivity contribution >= 4 is 34.9 Å². The predicted octanol–water partition coefficient (Wildman–Crippen LogP) is 3.91. The highest BCUT2D eigenvalue weighted by Gasteiger charge is 2.25. The van der Waals surface area contributed by atoms with E-state index in [1.165, 1.54) is 23.1 Å². The van der Waals surface area contributed by atoms with Gasteiger partial charge in [0.1, 0.15) is 11.6 Å². The number of pyridine rings is 1. The van der Waals surface area contributed by atoms with Gasteiger partial charge in [0.25, 0.3) is 0 Å². The normalized spacial score (nSPS) is 13.4. The Labute approximate surface area is 196 Å². The van der Waals surface area contributed by atoms with Crippen molar-refractivity contribution in [1.82, 2.24) is 14.8 Å². The molecule has 4 amide bonds. The van der Waals surface area contributed by atoms with Gasteiger partial charge in [0.2, 0.25) is 0 Å². The topological polar surface area (TPSA) is 130 Å². The number of benzene rings is 1. The smallest absolute Gasteiger partial charge is 0.325 e. The molecule has 0 spiro atoms. The molecule has 0 saturated heterocycles. The highest BCUT2D eigenvalue weighted by molar-refractivity contribution is 6.05. The van der Waals surface area contributed by atoms with Crippen molar-refractivity contribution in [3.05, 3.63) is 59.3 Å². The molecule has 0 bridgehead atoms. The van der Waals surface area contributed by atoms with Crippen molar-refractivity contribution in [2.75, 3.05) is 20.9 Å². The molecule has 1 aromatic carbocycles. The number of carbonyl (C=O) groups is 2. The third-order valence-corrected chi connectivity index (χ3v) is 5.47. The van der Waals surface area contributed by atoms with Crippen molar-refractivity contribution in [3.63, 3.8) is 0 Å². The Kier molecular flexibility index (Phi) is 5.96. The Morgan fingerprint density at radius 3 is 2.68 bits per heavy atom. The van der Waals surface area contributed by atoms with Gasteiger partial charge in [-0.25, -0.2) is 14.0 Å². The number of nitrogens with two attached hydrogens (primary N) is 1. The second kappa shape index (κ2) is 8.75. The van der Waals surface area contributed by atoms with Gasteiger partial charge in [-0.05, 0) is 24.3 Å². The summed E-state index contributed by atoms with van der Waals surface area (Å²) in [5, 5.41) is 12.4. The molecule has 0 saturated carbocycles. The summed E-state index contributed by atoms with van der Waals surface area (Å²) in [4.78, 5) is 31.0. The van der Waals surface area contributed by atoms with E-state index in [4.69, 9.17) is 5.73 Å². The van der Waals surface area contributed by atoms with E-state index in [1.807, 2.05) is 20.8 Å². The van der Waals surface area contributed by atoms with Crippen LogP contribution in [0.1, 0.15) is 37.7 Å². The highest BCUT2D eigenvalue weighted by atomic mass is 19.1. The fourth-order valence-corrected chi connectivity index (χ4v) is 3.51. The Morgan fingerprint density at radius 1 is 1.24 bits per heavy atom. The van der Waals surface area contributed by atoms with Gasteiger partial charge >= 0.3 is 12.1 Å². The van der Waals surface area contributed by atoms with Gasteiger partial charge in [0.05, 0.1) is 29.3 Å². The second-order valence-electron chi connectivity index (χ2n) is 9.08. The first kappa shape index (κ1) is 23.2. The Morgan fingerprint density at radius 2 is 2.00 bits per heavy atom. The highest BCUT2D eigenvalue weighted by Crippen LogP contribution is 2.30. The minimum absolute atomic E-state index is 0.0663. The van der Waals surface area contributed by atoms with Crippen LogP contribution in [0.2, 0.25) is 0 Å². The zero-order valence-electron chi connectivity index (χ0n) is 19.4. The van der Waals surface area contributed by atoms with E-state index in [1.54, 1.807) is 30.1 Å². The lowest BCUT2D eigenvalue weighted by Crippen LogP contribution is -2.39. The van der Waals surface area contributed by atoms with Crippen molar-refractivity contribution in [3.8, 4) is 0 Å². The molecule has 34 heavy (non-hydrogen) atoms. The number of fused-ring (bicyclic) bond motifs is 1. The quantitative estimate of drug-likeness (QED) is 0.463. The number of anilines is 4. The van der Waals surface area contributed by atoms with Crippen molar-refractivity contribution < 1.29 is 14.0 Å². The van der Waals surface area contributed by atoms with E-state index in [-0.39, 0.29) is 30.2 Å². The number of amides is 4. The minimum Gasteiger partial charge on any atom is -0.325 e. The molecule has 0 fully saturated rings. The minimum atomic E-state index is -0.633. The molecule has 3 aromatic rings. The van der Waals surface area contributed by atoms with Crippen LogP contribution in [0.4, 0.5) is 36.9 Å². The molecule has 0 radical (unpaired) electrons. The molecule has 178 valence electrons. The van der Waals surface area contributed by atoms with Gasteiger partial charge < -0.3 is 16.4 Å². The van der Waals surface area contributed by atoms with Crippen LogP contribution in [-0.4, -0.2) is 26.8 Å². The van der Waals surface area contributed by atoms with E-state index < -0.39 is 11.8 Å². The average molecular weight is 467 g/mol. The molecule has 3 heterocycles. The van der Waals surface area contributed by atoms with Crippen LogP contribution in [0, 0.1) is 5.82 Å². The molecular weight excluding hydrogens is 439 g/mol. The van der Waals surface area contributed by atoms with Gasteiger partial charge in [0.15, 0.2) is 0 Å². The second-order valence-corrected chi connectivity index (χ2v) is 9.08. The summed E-state index contributed by atoms with van der Waals surface area (Å²) in [7, 11) is 1.71. The summed E-state index contributed by atoms with van der Waals surface area (Å²) in [5.74, 6) is -0.165. The van der Waals surface area contributed by atoms with Gasteiger partial charge in [0, 0.05) is 42.5 Å². The number of halogens is 1. The van der Waals surface area contributed by atoms with E-state index in [0.717, 1.165) is 11.3 Å². The zero-order chi connectivity index (χ0) is 24.6. The number of nitrogens with one attached hydrogen (secondary N) is 3. The summed E-state index contributed by atoms with van der Waals surface area (Å²) < 4.78 is 16.0. The number of aryl methyl sites for hydroxylation is 1. The number of hydrogen-bond donors (Lipinski definition) is 4. The Bertz CT molecular complexity index is 1260. The zero-order valence-corrected chi connectivity index (χ0v) is 19.4. The van der Waals surface area contributed by atoms with E-state index >= 15 is 0 Å². The van der Waals surface area contributed by atoms with Crippen molar-refractivity contribution in [2.24, 2.45) is 12.8 Å². The Hall–Kier alpha value is -3.99. The maximum absolute atomic E-state index is 14.5. The Balaban J connectivity index is 1.52. The standard InChI is InChI=1S/C23H27FN8O2/c1-23(2,3)19-9-20(31(4)30-19)29-21(33)27-18-8-15(5-6-16(18)24)32-12-13-11-26-14(10-25)7-17(13)28-22(32)34/h5-9,11H,10,12,25H2,1-4H3,(H,28,34)(H2,27,29,33). The molecule has 2 aromatic heterocycles. The molecule has 1 aliphatic rings. The van der Waals surface area contributed by atoms with Gasteiger partial charge in [-0.1, -0.05) is 20.8 Å². The summed E-state index contributed by atoms with van der Waals surface area (Å²) in [6.07, 6.45) is 1.65. The van der Waals surface area contributed by atoms with Gasteiger partial charge in [-0.2, -0.15) is 5.10 Å². The fraction of sp³-hybridized carbons (Fsp3) is 0.304. The third-order valence-electron chi connectivity index (χ3n) is 5.47. The van der Waals surface area contributed by atoms with Crippen LogP contribution in [-0.2, 0) is 25.6 Å². The lowest BCUT2D eigenvalue weighted by atomic mass is 9.92. The molecular formula is C23H27FN8O2. The lowest BCUT2D eigenvalue weighted by molar-refractivity contribution is 0.256. The first-order chi connectivity index (χ1) is 16.0. The number of carbonyl (C=O) groups excluding carboxylic acids is 2. The van der Waals surface area contributed by atoms with Gasteiger partial charge in [-0.3, -0.25) is 19.9 Å². The molecule has 1 aliphatic heterocycles. The SMILES string of the molecule is Cn1nc(C(C)(C)C)cc1NC(=O)Nc1cc(N2Cc3cnc(CN)cc3NC2=O)ccc1F. The number of aromatic nitrogens is 3. The van der Waals surface area contributed by atoms with Crippen molar-refractivity contribution in [1.29, 1.82) is 0 Å². The van der Waals surface area contributed by atoms with Crippen LogP contribution in [0.15, 0.2) is 36.5 Å². The largest absolute Gasteiger partial charge is 0.326 e. The predicted molar refractivity (Wildman–Crippen MR) is 128 cm³/mol. The average Bonchev–Trinajstić information content (AvgIpc) is 3.15. The summed E-state index contributed by atoms with van der Waals surface area (Å²) in [5.41, 5.74) is 8.68. The van der Waals surface area contributed by atoms with Crippen LogP contribution in [0.3, 0.4) is 0 Å². The van der Waals surface area contributed by atoms with E-state index in [2.05, 4.69) is 26.0 Å². The molecule has 10 nitrogen and oxygen atoms in total. The molecule has 0 unspecified atom stereocenters. The van der Waals surface area contributed by atoms with Gasteiger partial charge in [-0.15, -0.1) is 0 Å². The monoisotopic (exact) mass is 466 g/mol. The van der Waals surface area contributed by atoms with E-state index in [9.17, 15) is 14.0 Å². The number of urea groups is 2. The first-order valence-corrected chi connectivity index (χ1v) is 10.7. The maximum atomic E-state index is 14.5. The van der Waals surface area contributed by atoms with Crippen molar-refractivity contribution in [2.45, 2.75) is 39.3 Å². The number of rotatable bonds is 4. The van der Waals surface area contributed by atoms with Crippen LogP contribution in [0.25, 0.3) is 0 Å². The molecule has 5 N–H and O–H groups in total. The lowest BCUT2D eigenvalue weighted by Gasteiger charge is -2.29. The molecule has 0 aliphatic carbocycles. The van der Waals surface area contributed by atoms with E-state index in [0.29, 0.717) is 22.9 Å². The van der Waals surface area contributed by atoms with Crippen LogP contribution < -0.4 is 26.6 Å². The van der Waals surface area contributed by atoms with Crippen LogP contribution in [0.5, 0.6) is 0 Å². The summed E-state index contributed by atoms with van der Waals surface area (Å²) in [6, 6.07) is 6.57. The number of nitrogens with zero attached hydrogens (tertiary/aromatic N) is 4. The fourth-order valence-electron chi connectivity index (χ4n) is 3.51. The first-order valence-electron chi connectivity index (χ1n) is 10.7. The summed E-state index contributed by atoms with van der Waals surface area (Å²) >= 11 is 0.